The maximum atomic E-state index is 10.9. The summed E-state index contributed by atoms with van der Waals surface area (Å²) in [6.45, 7) is 1.79. The third-order valence-corrected chi connectivity index (χ3v) is 2.57. The molecule has 0 spiro atoms. The average Bonchev–Trinajstić information content (AvgIpc) is 2.35. The molecule has 0 saturated carbocycles. The van der Waals surface area contributed by atoms with Crippen LogP contribution >= 0.6 is 0 Å². The fourth-order valence-corrected chi connectivity index (χ4v) is 1.65. The molecule has 18 heavy (non-hydrogen) atoms. The van der Waals surface area contributed by atoms with Gasteiger partial charge in [0.1, 0.15) is 0 Å². The maximum absolute atomic E-state index is 10.9. The highest BCUT2D eigenvalue weighted by atomic mass is 16.2. The third kappa shape index (κ3) is 6.21. The molecule has 3 nitrogen and oxygen atoms in total. The minimum atomic E-state index is -0.0535. The number of carbonyl (C=O) groups is 1. The molecule has 0 saturated heterocycles. The van der Waals surface area contributed by atoms with Gasteiger partial charge in [-0.25, -0.2) is 0 Å². The highest BCUT2D eigenvalue weighted by Gasteiger charge is 1.94. The second-order valence-electron chi connectivity index (χ2n) is 4.28. The van der Waals surface area contributed by atoms with E-state index < -0.39 is 0 Å². The first-order chi connectivity index (χ1) is 8.72. The van der Waals surface area contributed by atoms with Gasteiger partial charge in [-0.15, -0.1) is 0 Å². The Labute approximate surface area is 109 Å². The van der Waals surface area contributed by atoms with Gasteiger partial charge < -0.3 is 10.4 Å². The topological polar surface area (TPSA) is 49.3 Å². The minimum absolute atomic E-state index is 0.0535. The van der Waals surface area contributed by atoms with E-state index in [1.807, 2.05) is 24.3 Å². The van der Waals surface area contributed by atoms with Crippen molar-refractivity contribution >= 4 is 17.7 Å². The Kier molecular flexibility index (Phi) is 6.81. The van der Waals surface area contributed by atoms with E-state index in [0.717, 1.165) is 36.9 Å². The molecule has 0 radical (unpaired) electrons. The molecule has 2 N–H and O–H groups in total. The third-order valence-electron chi connectivity index (χ3n) is 2.57. The largest absolute Gasteiger partial charge is 0.396 e. The molecule has 0 aliphatic heterocycles. The Balaban J connectivity index is 2.34. The maximum Gasteiger partial charge on any atom is 0.221 e. The van der Waals surface area contributed by atoms with Crippen LogP contribution in [0.25, 0.3) is 6.08 Å². The van der Waals surface area contributed by atoms with Crippen LogP contribution in [0.4, 0.5) is 5.69 Å². The van der Waals surface area contributed by atoms with Crippen LogP contribution in [0.1, 0.15) is 38.2 Å². The van der Waals surface area contributed by atoms with Gasteiger partial charge in [0.2, 0.25) is 5.91 Å². The Morgan fingerprint density at radius 2 is 1.94 bits per heavy atom. The molecule has 0 atom stereocenters. The lowest BCUT2D eigenvalue weighted by molar-refractivity contribution is -0.114. The molecule has 0 aliphatic rings. The van der Waals surface area contributed by atoms with Crippen molar-refractivity contribution in [3.05, 3.63) is 35.9 Å². The van der Waals surface area contributed by atoms with Crippen molar-refractivity contribution in [1.29, 1.82) is 0 Å². The van der Waals surface area contributed by atoms with Gasteiger partial charge in [-0.1, -0.05) is 30.7 Å². The summed E-state index contributed by atoms with van der Waals surface area (Å²) < 4.78 is 0. The molecular weight excluding hydrogens is 226 g/mol. The van der Waals surface area contributed by atoms with Gasteiger partial charge in [0.15, 0.2) is 0 Å². The number of hydrogen-bond donors (Lipinski definition) is 2. The van der Waals surface area contributed by atoms with Crippen molar-refractivity contribution in [1.82, 2.24) is 0 Å². The number of anilines is 1. The summed E-state index contributed by atoms with van der Waals surface area (Å²) in [4.78, 5) is 10.9. The Morgan fingerprint density at radius 3 is 2.56 bits per heavy atom. The summed E-state index contributed by atoms with van der Waals surface area (Å²) in [5, 5.41) is 11.4. The number of allylic oxidation sites excluding steroid dienone is 1. The van der Waals surface area contributed by atoms with Gasteiger partial charge in [0.25, 0.3) is 0 Å². The summed E-state index contributed by atoms with van der Waals surface area (Å²) in [6, 6.07) is 7.75. The first kappa shape index (κ1) is 14.5. The molecule has 0 aromatic heterocycles. The van der Waals surface area contributed by atoms with E-state index >= 15 is 0 Å². The fraction of sp³-hybridized carbons (Fsp3) is 0.400. The molecule has 1 aromatic rings. The van der Waals surface area contributed by atoms with E-state index in [-0.39, 0.29) is 12.5 Å². The Morgan fingerprint density at radius 1 is 1.22 bits per heavy atom. The van der Waals surface area contributed by atoms with Gasteiger partial charge >= 0.3 is 0 Å². The van der Waals surface area contributed by atoms with Crippen LogP contribution in [0.3, 0.4) is 0 Å². The molecule has 0 fully saturated rings. The molecule has 0 heterocycles. The van der Waals surface area contributed by atoms with Gasteiger partial charge in [0, 0.05) is 19.2 Å². The summed E-state index contributed by atoms with van der Waals surface area (Å²) in [5.41, 5.74) is 1.95. The number of aliphatic hydroxyl groups is 1. The zero-order valence-electron chi connectivity index (χ0n) is 10.9. The van der Waals surface area contributed by atoms with Crippen LogP contribution < -0.4 is 5.32 Å². The number of rotatable bonds is 7. The van der Waals surface area contributed by atoms with Crippen LogP contribution in [0.5, 0.6) is 0 Å². The van der Waals surface area contributed by atoms with Crippen molar-refractivity contribution in [3.8, 4) is 0 Å². The zero-order chi connectivity index (χ0) is 13.2. The fourth-order valence-electron chi connectivity index (χ4n) is 1.65. The molecule has 0 bridgehead atoms. The van der Waals surface area contributed by atoms with E-state index in [9.17, 15) is 4.79 Å². The lowest BCUT2D eigenvalue weighted by Crippen LogP contribution is -2.05. The second-order valence-corrected chi connectivity index (χ2v) is 4.28. The van der Waals surface area contributed by atoms with Crippen LogP contribution in [-0.2, 0) is 4.79 Å². The molecule has 1 aromatic carbocycles. The molecule has 1 amide bonds. The summed E-state index contributed by atoms with van der Waals surface area (Å²) in [7, 11) is 0. The van der Waals surface area contributed by atoms with Crippen molar-refractivity contribution in [2.45, 2.75) is 32.6 Å². The Hall–Kier alpha value is -1.61. The summed E-state index contributed by atoms with van der Waals surface area (Å²) >= 11 is 0. The monoisotopic (exact) mass is 247 g/mol. The summed E-state index contributed by atoms with van der Waals surface area (Å²) in [6.07, 6.45) is 8.33. The van der Waals surface area contributed by atoms with Crippen molar-refractivity contribution in [3.63, 3.8) is 0 Å². The molecule has 0 unspecified atom stereocenters. The normalized spacial score (nSPS) is 10.8. The number of unbranched alkanes of at least 4 members (excludes halogenated alkanes) is 3. The summed E-state index contributed by atoms with van der Waals surface area (Å²) in [5.74, 6) is -0.0535. The van der Waals surface area contributed by atoms with E-state index in [0.29, 0.717) is 0 Å². The van der Waals surface area contributed by atoms with Crippen molar-refractivity contribution < 1.29 is 9.90 Å². The van der Waals surface area contributed by atoms with Gasteiger partial charge in [0.05, 0.1) is 0 Å². The van der Waals surface area contributed by atoms with Crippen LogP contribution in [0, 0.1) is 0 Å². The number of aliphatic hydroxyl groups excluding tert-OH is 1. The van der Waals surface area contributed by atoms with E-state index in [1.54, 1.807) is 0 Å². The molecular formula is C15H21NO2. The molecule has 1 rings (SSSR count). The molecule has 3 heteroatoms. The second kappa shape index (κ2) is 8.48. The van der Waals surface area contributed by atoms with Crippen molar-refractivity contribution in [2.75, 3.05) is 11.9 Å². The number of carbonyl (C=O) groups excluding carboxylic acids is 1. The first-order valence-electron chi connectivity index (χ1n) is 6.37. The average molecular weight is 247 g/mol. The van der Waals surface area contributed by atoms with E-state index in [2.05, 4.69) is 17.5 Å². The predicted octanol–water partition coefficient (Wildman–Crippen LogP) is 3.21. The van der Waals surface area contributed by atoms with E-state index in [1.165, 1.54) is 6.92 Å². The van der Waals surface area contributed by atoms with Crippen LogP contribution in [0.15, 0.2) is 30.3 Å². The molecule has 0 aliphatic carbocycles. The number of nitrogens with one attached hydrogen (secondary N) is 1. The van der Waals surface area contributed by atoms with Crippen LogP contribution in [-0.4, -0.2) is 17.6 Å². The molecule has 98 valence electrons. The number of hydrogen-bond acceptors (Lipinski definition) is 2. The smallest absolute Gasteiger partial charge is 0.221 e. The van der Waals surface area contributed by atoms with Crippen molar-refractivity contribution in [2.24, 2.45) is 0 Å². The lowest BCUT2D eigenvalue weighted by atomic mass is 10.1. The highest BCUT2D eigenvalue weighted by molar-refractivity contribution is 5.88. The van der Waals surface area contributed by atoms with Gasteiger partial charge in [-0.05, 0) is 37.0 Å². The highest BCUT2D eigenvalue weighted by Crippen LogP contribution is 2.11. The Bertz CT molecular complexity index is 382. The first-order valence-corrected chi connectivity index (χ1v) is 6.37. The van der Waals surface area contributed by atoms with Crippen LogP contribution in [0.2, 0.25) is 0 Å². The quantitative estimate of drug-likeness (QED) is 0.727. The predicted molar refractivity (Wildman–Crippen MR) is 75.3 cm³/mol. The lowest BCUT2D eigenvalue weighted by Gasteiger charge is -2.01. The zero-order valence-corrected chi connectivity index (χ0v) is 10.9. The van der Waals surface area contributed by atoms with E-state index in [4.69, 9.17) is 5.11 Å². The standard InChI is InChI=1S/C15H21NO2/c1-13(18)16-15-10-8-14(9-11-15)7-5-3-2-4-6-12-17/h5,7-11,17H,2-4,6,12H2,1H3,(H,16,18)/b7-5+. The minimum Gasteiger partial charge on any atom is -0.396 e. The van der Waals surface area contributed by atoms with Gasteiger partial charge in [-0.3, -0.25) is 4.79 Å². The number of benzene rings is 1. The van der Waals surface area contributed by atoms with Gasteiger partial charge in [-0.2, -0.15) is 0 Å². The SMILES string of the molecule is CC(=O)Nc1ccc(/C=C/CCCCCO)cc1. The number of amides is 1.